The van der Waals surface area contributed by atoms with Crippen LogP contribution in [0.4, 0.5) is 10.1 Å². The molecule has 0 saturated carbocycles. The van der Waals surface area contributed by atoms with Crippen LogP contribution in [-0.4, -0.2) is 23.0 Å². The van der Waals surface area contributed by atoms with Gasteiger partial charge in [0, 0.05) is 18.1 Å². The molecule has 20 heavy (non-hydrogen) atoms. The smallest absolute Gasteiger partial charge is 0.256 e. The van der Waals surface area contributed by atoms with Crippen LogP contribution in [0.5, 0.6) is 0 Å². The summed E-state index contributed by atoms with van der Waals surface area (Å²) in [5.41, 5.74) is 5.97. The Morgan fingerprint density at radius 1 is 1.50 bits per heavy atom. The molecular formula is C13H13ClFN3O2. The quantitative estimate of drug-likeness (QED) is 0.884. The average Bonchev–Trinajstić information content (AvgIpc) is 2.78. The standard InChI is InChI=1S/C13H13ClFN3O2/c1-7-3-9(17-20-7)6-18(2)13(19)10-4-8(14)5-11(15)12(10)16/h3-5H,6,16H2,1-2H3. The van der Waals surface area contributed by atoms with Crippen LogP contribution in [-0.2, 0) is 6.54 Å². The van der Waals surface area contributed by atoms with Crippen LogP contribution >= 0.6 is 11.6 Å². The van der Waals surface area contributed by atoms with Crippen LogP contribution in [0.1, 0.15) is 21.8 Å². The van der Waals surface area contributed by atoms with E-state index in [9.17, 15) is 9.18 Å². The molecule has 2 rings (SSSR count). The fourth-order valence-electron chi connectivity index (χ4n) is 1.77. The van der Waals surface area contributed by atoms with Crippen molar-refractivity contribution < 1.29 is 13.7 Å². The topological polar surface area (TPSA) is 72.4 Å². The lowest BCUT2D eigenvalue weighted by Gasteiger charge is -2.17. The Hall–Kier alpha value is -2.08. The molecule has 0 unspecified atom stereocenters. The zero-order valence-corrected chi connectivity index (χ0v) is 11.7. The summed E-state index contributed by atoms with van der Waals surface area (Å²) in [6.07, 6.45) is 0. The molecule has 2 N–H and O–H groups in total. The Morgan fingerprint density at radius 2 is 2.20 bits per heavy atom. The normalized spacial score (nSPS) is 10.6. The molecule has 7 heteroatoms. The fraction of sp³-hybridized carbons (Fsp3) is 0.231. The second-order valence-electron chi connectivity index (χ2n) is 4.44. The van der Waals surface area contributed by atoms with Gasteiger partial charge in [-0.3, -0.25) is 4.79 Å². The minimum atomic E-state index is -0.716. The summed E-state index contributed by atoms with van der Waals surface area (Å²) >= 11 is 5.74. The number of hydrogen-bond donors (Lipinski definition) is 1. The SMILES string of the molecule is Cc1cc(CN(C)C(=O)c2cc(Cl)cc(F)c2N)no1. The number of amides is 1. The maximum atomic E-state index is 13.5. The lowest BCUT2D eigenvalue weighted by molar-refractivity contribution is 0.0783. The van der Waals surface area contributed by atoms with Gasteiger partial charge in [0.15, 0.2) is 0 Å². The minimum absolute atomic E-state index is 0.0257. The molecule has 1 amide bonds. The van der Waals surface area contributed by atoms with E-state index in [-0.39, 0.29) is 22.8 Å². The predicted molar refractivity (Wildman–Crippen MR) is 72.9 cm³/mol. The lowest BCUT2D eigenvalue weighted by Crippen LogP contribution is -2.27. The number of carbonyl (C=O) groups is 1. The van der Waals surface area contributed by atoms with Crippen molar-refractivity contribution in [2.24, 2.45) is 0 Å². The van der Waals surface area contributed by atoms with Crippen molar-refractivity contribution in [3.63, 3.8) is 0 Å². The Kier molecular flexibility index (Phi) is 3.94. The number of aryl methyl sites for hydroxylation is 1. The average molecular weight is 298 g/mol. The fourth-order valence-corrected chi connectivity index (χ4v) is 1.98. The van der Waals surface area contributed by atoms with Crippen molar-refractivity contribution >= 4 is 23.2 Å². The van der Waals surface area contributed by atoms with Gasteiger partial charge in [-0.25, -0.2) is 4.39 Å². The molecule has 1 heterocycles. The van der Waals surface area contributed by atoms with Gasteiger partial charge >= 0.3 is 0 Å². The van der Waals surface area contributed by atoms with Gasteiger partial charge in [-0.2, -0.15) is 0 Å². The number of nitrogens with two attached hydrogens (primary N) is 1. The molecule has 0 aliphatic carbocycles. The van der Waals surface area contributed by atoms with Crippen LogP contribution in [0, 0.1) is 12.7 Å². The number of anilines is 1. The van der Waals surface area contributed by atoms with Gasteiger partial charge in [0.25, 0.3) is 5.91 Å². The molecular weight excluding hydrogens is 285 g/mol. The van der Waals surface area contributed by atoms with E-state index in [0.29, 0.717) is 11.5 Å². The van der Waals surface area contributed by atoms with Crippen LogP contribution in [0.25, 0.3) is 0 Å². The maximum absolute atomic E-state index is 13.5. The second kappa shape index (κ2) is 5.50. The van der Waals surface area contributed by atoms with Crippen molar-refractivity contribution in [1.82, 2.24) is 10.1 Å². The molecule has 106 valence electrons. The molecule has 0 fully saturated rings. The molecule has 0 aliphatic rings. The van der Waals surface area contributed by atoms with E-state index in [1.807, 2.05) is 0 Å². The number of benzene rings is 1. The van der Waals surface area contributed by atoms with Gasteiger partial charge in [0.1, 0.15) is 17.3 Å². The van der Waals surface area contributed by atoms with E-state index in [2.05, 4.69) is 5.16 Å². The summed E-state index contributed by atoms with van der Waals surface area (Å²) in [6, 6.07) is 4.12. The number of halogens is 2. The number of nitrogens with zero attached hydrogens (tertiary/aromatic N) is 2. The third-order valence-electron chi connectivity index (χ3n) is 2.75. The summed E-state index contributed by atoms with van der Waals surface area (Å²) in [4.78, 5) is 13.6. The van der Waals surface area contributed by atoms with Crippen molar-refractivity contribution in [3.05, 3.63) is 46.1 Å². The van der Waals surface area contributed by atoms with E-state index in [1.54, 1.807) is 20.0 Å². The van der Waals surface area contributed by atoms with Crippen LogP contribution in [0.2, 0.25) is 5.02 Å². The first-order valence-corrected chi connectivity index (χ1v) is 6.18. The molecule has 2 aromatic rings. The van der Waals surface area contributed by atoms with Crippen LogP contribution in [0.15, 0.2) is 22.7 Å². The summed E-state index contributed by atoms with van der Waals surface area (Å²) in [5.74, 6) is -0.509. The highest BCUT2D eigenvalue weighted by atomic mass is 35.5. The number of aromatic nitrogens is 1. The van der Waals surface area contributed by atoms with Crippen molar-refractivity contribution in [2.45, 2.75) is 13.5 Å². The molecule has 0 spiro atoms. The predicted octanol–water partition coefficient (Wildman–Crippen LogP) is 2.63. The summed E-state index contributed by atoms with van der Waals surface area (Å²) in [5, 5.41) is 3.91. The second-order valence-corrected chi connectivity index (χ2v) is 4.88. The third kappa shape index (κ3) is 2.91. The molecule has 1 aromatic heterocycles. The first-order valence-electron chi connectivity index (χ1n) is 5.80. The molecule has 0 atom stereocenters. The molecule has 0 aliphatic heterocycles. The highest BCUT2D eigenvalue weighted by Gasteiger charge is 2.19. The highest BCUT2D eigenvalue weighted by molar-refractivity contribution is 6.31. The molecule has 0 saturated heterocycles. The summed E-state index contributed by atoms with van der Waals surface area (Å²) < 4.78 is 18.4. The molecule has 5 nitrogen and oxygen atoms in total. The first kappa shape index (κ1) is 14.3. The minimum Gasteiger partial charge on any atom is -0.396 e. The van der Waals surface area contributed by atoms with Gasteiger partial charge < -0.3 is 15.2 Å². The van der Waals surface area contributed by atoms with Crippen molar-refractivity contribution in [2.75, 3.05) is 12.8 Å². The van der Waals surface area contributed by atoms with Gasteiger partial charge in [-0.15, -0.1) is 0 Å². The van der Waals surface area contributed by atoms with Crippen LogP contribution in [0.3, 0.4) is 0 Å². The van der Waals surface area contributed by atoms with E-state index in [0.717, 1.165) is 6.07 Å². The van der Waals surface area contributed by atoms with Gasteiger partial charge in [0.05, 0.1) is 17.8 Å². The number of hydrogen-bond acceptors (Lipinski definition) is 4. The Morgan fingerprint density at radius 3 is 2.80 bits per heavy atom. The largest absolute Gasteiger partial charge is 0.396 e. The van der Waals surface area contributed by atoms with Crippen molar-refractivity contribution in [3.8, 4) is 0 Å². The Bertz CT molecular complexity index is 657. The van der Waals surface area contributed by atoms with Crippen LogP contribution < -0.4 is 5.73 Å². The van der Waals surface area contributed by atoms with E-state index in [1.165, 1.54) is 11.0 Å². The van der Waals surface area contributed by atoms with E-state index < -0.39 is 11.7 Å². The third-order valence-corrected chi connectivity index (χ3v) is 2.97. The first-order chi connectivity index (χ1) is 9.38. The van der Waals surface area contributed by atoms with Gasteiger partial charge in [-0.05, 0) is 19.1 Å². The zero-order valence-electron chi connectivity index (χ0n) is 11.0. The van der Waals surface area contributed by atoms with E-state index >= 15 is 0 Å². The summed E-state index contributed by atoms with van der Waals surface area (Å²) in [6.45, 7) is 1.98. The van der Waals surface area contributed by atoms with Crippen molar-refractivity contribution in [1.29, 1.82) is 0 Å². The highest BCUT2D eigenvalue weighted by Crippen LogP contribution is 2.23. The molecule has 0 bridgehead atoms. The Balaban J connectivity index is 2.22. The molecule has 0 radical (unpaired) electrons. The monoisotopic (exact) mass is 297 g/mol. The number of nitrogen functional groups attached to an aromatic ring is 1. The van der Waals surface area contributed by atoms with Gasteiger partial charge in [-0.1, -0.05) is 16.8 Å². The number of rotatable bonds is 3. The lowest BCUT2D eigenvalue weighted by atomic mass is 10.1. The maximum Gasteiger partial charge on any atom is 0.256 e. The number of carbonyl (C=O) groups excluding carboxylic acids is 1. The zero-order chi connectivity index (χ0) is 14.9. The summed E-state index contributed by atoms with van der Waals surface area (Å²) in [7, 11) is 1.56. The Labute approximate surface area is 120 Å². The van der Waals surface area contributed by atoms with Gasteiger partial charge in [0.2, 0.25) is 0 Å². The molecule has 1 aromatic carbocycles. The van der Waals surface area contributed by atoms with E-state index in [4.69, 9.17) is 21.9 Å².